The maximum absolute atomic E-state index is 12.5. The maximum Gasteiger partial charge on any atom is 0.254 e. The van der Waals surface area contributed by atoms with Gasteiger partial charge in [0.1, 0.15) is 19.4 Å². The van der Waals surface area contributed by atoms with E-state index in [0.717, 1.165) is 11.4 Å². The number of nitrogens with zero attached hydrogens (tertiary/aromatic N) is 1. The van der Waals surface area contributed by atoms with Gasteiger partial charge in [0.05, 0.1) is 111 Å². The molecule has 0 heterocycles. The van der Waals surface area contributed by atoms with Crippen LogP contribution in [0.25, 0.3) is 0 Å². The van der Waals surface area contributed by atoms with Crippen LogP contribution in [0, 0.1) is 0 Å². The van der Waals surface area contributed by atoms with E-state index in [9.17, 15) is 14.8 Å². The lowest BCUT2D eigenvalue weighted by atomic mass is 10.1. The van der Waals surface area contributed by atoms with Gasteiger partial charge in [-0.3, -0.25) is 9.59 Å². The number of hydroxylamine groups is 1. The van der Waals surface area contributed by atoms with Gasteiger partial charge in [-0.1, -0.05) is 18.2 Å². The molecule has 2 aromatic rings. The Bertz CT molecular complexity index is 1090. The van der Waals surface area contributed by atoms with Crippen LogP contribution in [0.5, 0.6) is 5.75 Å². The number of rotatable bonds is 31. The van der Waals surface area contributed by atoms with E-state index in [1.54, 1.807) is 50.5 Å². The van der Waals surface area contributed by atoms with E-state index in [1.165, 1.54) is 4.90 Å². The molecule has 14 heteroatoms. The summed E-state index contributed by atoms with van der Waals surface area (Å²) in [6, 6.07) is 13.9. The average molecular weight is 682 g/mol. The van der Waals surface area contributed by atoms with Crippen LogP contribution in [0.1, 0.15) is 20.7 Å². The minimum absolute atomic E-state index is 0.217. The van der Waals surface area contributed by atoms with Gasteiger partial charge in [-0.15, -0.1) is 0 Å². The van der Waals surface area contributed by atoms with E-state index < -0.39 is 0 Å². The monoisotopic (exact) mass is 681 g/mol. The number of ether oxygens (including phenoxy) is 9. The molecule has 0 fully saturated rings. The highest BCUT2D eigenvalue weighted by atomic mass is 16.6. The van der Waals surface area contributed by atoms with Crippen molar-refractivity contribution in [3.8, 4) is 5.75 Å². The Balaban J connectivity index is 1.22. The molecule has 0 radical (unpaired) electrons. The van der Waals surface area contributed by atoms with Crippen LogP contribution >= 0.6 is 0 Å². The first-order chi connectivity index (χ1) is 23.5. The van der Waals surface area contributed by atoms with Crippen molar-refractivity contribution in [1.82, 2.24) is 4.90 Å². The number of benzene rings is 2. The summed E-state index contributed by atoms with van der Waals surface area (Å²) in [5, 5.41) is 9.71. The Morgan fingerprint density at radius 3 is 1.44 bits per heavy atom. The molecule has 2 rings (SSSR count). The Hall–Kier alpha value is -3.02. The molecule has 48 heavy (non-hydrogen) atoms. The number of hydrogen-bond donors (Lipinski definition) is 2. The zero-order valence-electron chi connectivity index (χ0n) is 28.3. The zero-order valence-corrected chi connectivity index (χ0v) is 28.3. The third-order valence-corrected chi connectivity index (χ3v) is 6.61. The van der Waals surface area contributed by atoms with E-state index in [0.29, 0.717) is 136 Å². The highest BCUT2D eigenvalue weighted by molar-refractivity contribution is 6.01. The van der Waals surface area contributed by atoms with Gasteiger partial charge in [0.2, 0.25) is 0 Å². The smallest absolute Gasteiger partial charge is 0.254 e. The highest BCUT2D eigenvalue weighted by Crippen LogP contribution is 2.12. The molecule has 14 nitrogen and oxygen atoms in total. The van der Waals surface area contributed by atoms with Gasteiger partial charge < -0.3 is 47.5 Å². The fourth-order valence-electron chi connectivity index (χ4n) is 3.96. The zero-order chi connectivity index (χ0) is 34.5. The van der Waals surface area contributed by atoms with Crippen LogP contribution in [0.3, 0.4) is 0 Å². The number of nitrogens with one attached hydrogen (secondary N) is 1. The van der Waals surface area contributed by atoms with Crippen molar-refractivity contribution in [2.45, 2.75) is 0 Å². The van der Waals surface area contributed by atoms with Crippen molar-refractivity contribution in [2.24, 2.45) is 0 Å². The van der Waals surface area contributed by atoms with Crippen molar-refractivity contribution >= 4 is 17.9 Å². The van der Waals surface area contributed by atoms with E-state index in [1.807, 2.05) is 12.1 Å². The number of quaternary nitrogens is 1. The standard InChI is InChI=1S/C34H52N2O12/c1-35(34(38)33-6-4-3-5-30(33)29-37)11-12-40-13-14-41-15-16-42-17-18-43-19-20-44-21-22-45-23-24-46-25-26-47-27-28-48-32-9-7-31(8-10-32)36(2)39/h3-10,29,39H,11-28H2,1-2H3/p+1. The summed E-state index contributed by atoms with van der Waals surface area (Å²) in [6.45, 7) is 8.19. The number of likely N-dealkylation sites (N-methyl/N-ethyl adjacent to an activating group) is 1. The van der Waals surface area contributed by atoms with Gasteiger partial charge >= 0.3 is 0 Å². The molecule has 270 valence electrons. The second-order valence-corrected chi connectivity index (χ2v) is 10.3. The number of carbonyl (C=O) groups excluding carboxylic acids is 2. The van der Waals surface area contributed by atoms with Crippen molar-refractivity contribution < 1.29 is 62.5 Å². The van der Waals surface area contributed by atoms with E-state index in [4.69, 9.17) is 42.6 Å². The van der Waals surface area contributed by atoms with Gasteiger partial charge in [-0.2, -0.15) is 5.06 Å². The fourth-order valence-corrected chi connectivity index (χ4v) is 3.96. The third kappa shape index (κ3) is 19.7. The maximum atomic E-state index is 12.5. The lowest BCUT2D eigenvalue weighted by Gasteiger charge is -2.18. The molecule has 0 aromatic heterocycles. The van der Waals surface area contributed by atoms with Gasteiger partial charge in [-0.05, 0) is 18.2 Å². The molecule has 2 aromatic carbocycles. The lowest BCUT2D eigenvalue weighted by molar-refractivity contribution is -1.02. The van der Waals surface area contributed by atoms with Gasteiger partial charge in [0.15, 0.2) is 12.0 Å². The SMILES string of the molecule is CN(CCOCCOCCOCCOCCOCCOCCOCCOCCOc1ccc([NH+](C)O)cc1)C(=O)c1ccccc1C=O. The van der Waals surface area contributed by atoms with Gasteiger partial charge in [0.25, 0.3) is 5.91 Å². The summed E-state index contributed by atoms with van der Waals surface area (Å²) in [4.78, 5) is 25.1. The fraction of sp³-hybridized carbons (Fsp3) is 0.588. The summed E-state index contributed by atoms with van der Waals surface area (Å²) < 4.78 is 49.5. The van der Waals surface area contributed by atoms with E-state index >= 15 is 0 Å². The first-order valence-corrected chi connectivity index (χ1v) is 16.2. The van der Waals surface area contributed by atoms with Crippen molar-refractivity contribution in [3.63, 3.8) is 0 Å². The van der Waals surface area contributed by atoms with Crippen LogP contribution in [-0.4, -0.2) is 155 Å². The van der Waals surface area contributed by atoms with E-state index in [-0.39, 0.29) is 11.0 Å². The normalized spacial score (nSPS) is 11.8. The molecule has 1 amide bonds. The van der Waals surface area contributed by atoms with Crippen LogP contribution in [0.2, 0.25) is 0 Å². The van der Waals surface area contributed by atoms with Crippen LogP contribution in [0.4, 0.5) is 5.69 Å². The highest BCUT2D eigenvalue weighted by Gasteiger charge is 2.14. The van der Waals surface area contributed by atoms with Crippen LogP contribution in [0.15, 0.2) is 48.5 Å². The van der Waals surface area contributed by atoms with Gasteiger partial charge in [0, 0.05) is 31.3 Å². The number of aldehydes is 1. The number of hydrogen-bond acceptors (Lipinski definition) is 12. The summed E-state index contributed by atoms with van der Waals surface area (Å²) >= 11 is 0. The summed E-state index contributed by atoms with van der Waals surface area (Å²) in [5.74, 6) is 0.512. The Morgan fingerprint density at radius 2 is 1.02 bits per heavy atom. The number of amides is 1. The Morgan fingerprint density at radius 1 is 0.625 bits per heavy atom. The molecule has 0 saturated carbocycles. The second kappa shape index (κ2) is 27.9. The summed E-state index contributed by atoms with van der Waals surface area (Å²) in [6.07, 6.45) is 0.684. The molecule has 1 unspecified atom stereocenters. The molecule has 0 spiro atoms. The Kier molecular flexibility index (Phi) is 23.9. The first-order valence-electron chi connectivity index (χ1n) is 16.2. The predicted octanol–water partition coefficient (Wildman–Crippen LogP) is 1.32. The van der Waals surface area contributed by atoms with Gasteiger partial charge in [-0.25, -0.2) is 5.21 Å². The lowest BCUT2D eigenvalue weighted by Crippen LogP contribution is -3.01. The molecule has 0 saturated heterocycles. The first kappa shape index (κ1) is 41.2. The Labute approximate surface area is 283 Å². The quantitative estimate of drug-likeness (QED) is 0.0673. The molecule has 1 atom stereocenters. The van der Waals surface area contributed by atoms with Crippen LogP contribution < -0.4 is 9.80 Å². The average Bonchev–Trinajstić information content (AvgIpc) is 3.11. The van der Waals surface area contributed by atoms with Crippen molar-refractivity contribution in [1.29, 1.82) is 0 Å². The third-order valence-electron chi connectivity index (χ3n) is 6.61. The number of carbonyl (C=O) groups is 2. The summed E-state index contributed by atoms with van der Waals surface area (Å²) in [7, 11) is 3.32. The summed E-state index contributed by atoms with van der Waals surface area (Å²) in [5.41, 5.74) is 1.53. The molecular weight excluding hydrogens is 628 g/mol. The molecule has 0 aliphatic rings. The van der Waals surface area contributed by atoms with Crippen LogP contribution in [-0.2, 0) is 37.9 Å². The molecule has 0 aliphatic heterocycles. The van der Waals surface area contributed by atoms with Crippen molar-refractivity contribution in [2.75, 3.05) is 133 Å². The molecule has 2 N–H and O–H groups in total. The predicted molar refractivity (Wildman–Crippen MR) is 176 cm³/mol. The topological polar surface area (TPSA) is 145 Å². The van der Waals surface area contributed by atoms with Crippen molar-refractivity contribution in [3.05, 3.63) is 59.7 Å². The van der Waals surface area contributed by atoms with E-state index in [2.05, 4.69) is 0 Å². The molecular formula is C34H53N2O12+. The molecule has 0 aliphatic carbocycles. The minimum Gasteiger partial charge on any atom is -0.491 e. The largest absolute Gasteiger partial charge is 0.491 e. The minimum atomic E-state index is -0.217. The molecule has 0 bridgehead atoms. The second-order valence-electron chi connectivity index (χ2n) is 10.3.